The van der Waals surface area contributed by atoms with Gasteiger partial charge in [0.1, 0.15) is 0 Å². The van der Waals surface area contributed by atoms with Gasteiger partial charge in [-0.1, -0.05) is 31.5 Å². The van der Waals surface area contributed by atoms with E-state index in [9.17, 15) is 4.79 Å². The molecule has 2 aromatic rings. The van der Waals surface area contributed by atoms with Crippen molar-refractivity contribution in [3.05, 3.63) is 35.2 Å². The molecule has 0 atom stereocenters. The predicted molar refractivity (Wildman–Crippen MR) is 63.9 cm³/mol. The van der Waals surface area contributed by atoms with E-state index in [0.29, 0.717) is 16.5 Å². The Balaban J connectivity index is 2.33. The molecule has 0 amide bonds. The van der Waals surface area contributed by atoms with Crippen molar-refractivity contribution < 1.29 is 9.21 Å². The molecule has 0 radical (unpaired) electrons. The standard InChI is InChI=1S/C12H11ClN2O2/c1-7(2)10(16)12-15-14-11(17-12)8-4-3-5-9(13)6-8/h3-7H,1-2H3. The van der Waals surface area contributed by atoms with Gasteiger partial charge in [-0.3, -0.25) is 4.79 Å². The lowest BCUT2D eigenvalue weighted by molar-refractivity contribution is 0.0905. The number of carbonyl (C=O) groups excluding carboxylic acids is 1. The molecule has 2 rings (SSSR count). The molecular formula is C12H11ClN2O2. The van der Waals surface area contributed by atoms with Crippen molar-refractivity contribution >= 4 is 17.4 Å². The number of rotatable bonds is 3. The summed E-state index contributed by atoms with van der Waals surface area (Å²) in [6.07, 6.45) is 0. The van der Waals surface area contributed by atoms with Crippen molar-refractivity contribution in [2.75, 3.05) is 0 Å². The molecule has 0 aliphatic carbocycles. The SMILES string of the molecule is CC(C)C(=O)c1nnc(-c2cccc(Cl)c2)o1. The molecular weight excluding hydrogens is 240 g/mol. The summed E-state index contributed by atoms with van der Waals surface area (Å²) in [7, 11) is 0. The lowest BCUT2D eigenvalue weighted by Crippen LogP contribution is -2.07. The maximum absolute atomic E-state index is 11.6. The van der Waals surface area contributed by atoms with Crippen LogP contribution in [0.1, 0.15) is 24.5 Å². The molecule has 1 aromatic carbocycles. The van der Waals surface area contributed by atoms with Gasteiger partial charge in [-0.05, 0) is 18.2 Å². The molecule has 88 valence electrons. The Hall–Kier alpha value is -1.68. The molecule has 5 heteroatoms. The topological polar surface area (TPSA) is 56.0 Å². The van der Waals surface area contributed by atoms with Gasteiger partial charge in [-0.15, -0.1) is 10.2 Å². The van der Waals surface area contributed by atoms with E-state index in [-0.39, 0.29) is 17.6 Å². The van der Waals surface area contributed by atoms with Crippen LogP contribution in [0.2, 0.25) is 5.02 Å². The van der Waals surface area contributed by atoms with Crippen molar-refractivity contribution in [2.45, 2.75) is 13.8 Å². The normalized spacial score (nSPS) is 10.8. The van der Waals surface area contributed by atoms with Crippen LogP contribution in [0.3, 0.4) is 0 Å². The smallest absolute Gasteiger partial charge is 0.284 e. The van der Waals surface area contributed by atoms with Crippen LogP contribution in [-0.4, -0.2) is 16.0 Å². The summed E-state index contributed by atoms with van der Waals surface area (Å²) >= 11 is 5.86. The third-order valence-corrected chi connectivity index (χ3v) is 2.47. The average molecular weight is 251 g/mol. The first-order valence-corrected chi connectivity index (χ1v) is 5.59. The van der Waals surface area contributed by atoms with Gasteiger partial charge >= 0.3 is 0 Å². The lowest BCUT2D eigenvalue weighted by atomic mass is 10.1. The van der Waals surface area contributed by atoms with E-state index < -0.39 is 0 Å². The van der Waals surface area contributed by atoms with Gasteiger partial charge in [-0.2, -0.15) is 0 Å². The number of Topliss-reactive ketones (excluding diaryl/α,β-unsaturated/α-hetero) is 1. The van der Waals surface area contributed by atoms with Gasteiger partial charge in [0, 0.05) is 16.5 Å². The van der Waals surface area contributed by atoms with Crippen LogP contribution in [0.15, 0.2) is 28.7 Å². The molecule has 17 heavy (non-hydrogen) atoms. The van der Waals surface area contributed by atoms with E-state index in [2.05, 4.69) is 10.2 Å². The number of ketones is 1. The first-order chi connectivity index (χ1) is 8.08. The van der Waals surface area contributed by atoms with E-state index in [0.717, 1.165) is 0 Å². The first-order valence-electron chi connectivity index (χ1n) is 5.21. The predicted octanol–water partition coefficient (Wildman–Crippen LogP) is 3.23. The van der Waals surface area contributed by atoms with E-state index in [1.54, 1.807) is 38.1 Å². The molecule has 0 N–H and O–H groups in total. The second-order valence-corrected chi connectivity index (χ2v) is 4.38. The third-order valence-electron chi connectivity index (χ3n) is 2.23. The minimum Gasteiger partial charge on any atom is -0.414 e. The van der Waals surface area contributed by atoms with E-state index in [4.69, 9.17) is 16.0 Å². The maximum atomic E-state index is 11.6. The zero-order chi connectivity index (χ0) is 12.4. The van der Waals surface area contributed by atoms with Crippen molar-refractivity contribution in [1.82, 2.24) is 10.2 Å². The summed E-state index contributed by atoms with van der Waals surface area (Å²) in [4.78, 5) is 11.6. The number of hydrogen-bond donors (Lipinski definition) is 0. The van der Waals surface area contributed by atoms with Gasteiger partial charge < -0.3 is 4.42 Å². The van der Waals surface area contributed by atoms with Crippen molar-refractivity contribution in [2.24, 2.45) is 5.92 Å². The molecule has 0 fully saturated rings. The highest BCUT2D eigenvalue weighted by Crippen LogP contribution is 2.22. The van der Waals surface area contributed by atoms with Crippen molar-refractivity contribution in [3.63, 3.8) is 0 Å². The molecule has 0 unspecified atom stereocenters. The van der Waals surface area contributed by atoms with Gasteiger partial charge in [-0.25, -0.2) is 0 Å². The summed E-state index contributed by atoms with van der Waals surface area (Å²) < 4.78 is 5.32. The van der Waals surface area contributed by atoms with Crippen LogP contribution in [0.5, 0.6) is 0 Å². The molecule has 1 heterocycles. The highest BCUT2D eigenvalue weighted by molar-refractivity contribution is 6.30. The highest BCUT2D eigenvalue weighted by atomic mass is 35.5. The second-order valence-electron chi connectivity index (χ2n) is 3.94. The summed E-state index contributed by atoms with van der Waals surface area (Å²) in [6.45, 7) is 3.57. The molecule has 0 bridgehead atoms. The third kappa shape index (κ3) is 2.53. The zero-order valence-electron chi connectivity index (χ0n) is 9.48. The number of carbonyl (C=O) groups is 1. The Kier molecular flexibility index (Phi) is 3.24. The van der Waals surface area contributed by atoms with Gasteiger partial charge in [0.2, 0.25) is 11.7 Å². The Bertz CT molecular complexity index is 549. The van der Waals surface area contributed by atoms with E-state index >= 15 is 0 Å². The largest absolute Gasteiger partial charge is 0.414 e. The van der Waals surface area contributed by atoms with Gasteiger partial charge in [0.05, 0.1) is 0 Å². The minimum absolute atomic E-state index is 0.0370. The summed E-state index contributed by atoms with van der Waals surface area (Å²) in [6, 6.07) is 7.04. The molecule has 0 aliphatic heterocycles. The number of hydrogen-bond acceptors (Lipinski definition) is 4. The monoisotopic (exact) mass is 250 g/mol. The Morgan fingerprint density at radius 3 is 2.76 bits per heavy atom. The molecule has 0 aliphatic rings. The van der Waals surface area contributed by atoms with Crippen LogP contribution in [0.25, 0.3) is 11.5 Å². The number of aromatic nitrogens is 2. The maximum Gasteiger partial charge on any atom is 0.284 e. The lowest BCUT2D eigenvalue weighted by Gasteiger charge is -1.97. The van der Waals surface area contributed by atoms with Crippen LogP contribution in [0.4, 0.5) is 0 Å². The Labute approximate surface area is 104 Å². The minimum atomic E-state index is -0.164. The first kappa shape index (κ1) is 11.8. The van der Waals surface area contributed by atoms with E-state index in [1.165, 1.54) is 0 Å². The summed E-state index contributed by atoms with van der Waals surface area (Å²) in [5.41, 5.74) is 0.702. The van der Waals surface area contributed by atoms with Crippen molar-refractivity contribution in [1.29, 1.82) is 0 Å². The molecule has 0 spiro atoms. The Morgan fingerprint density at radius 2 is 2.12 bits per heavy atom. The number of nitrogens with zero attached hydrogens (tertiary/aromatic N) is 2. The number of halogens is 1. The molecule has 0 saturated carbocycles. The highest BCUT2D eigenvalue weighted by Gasteiger charge is 2.18. The fraction of sp³-hybridized carbons (Fsp3) is 0.250. The molecule has 0 saturated heterocycles. The average Bonchev–Trinajstić information content (AvgIpc) is 2.77. The number of benzene rings is 1. The van der Waals surface area contributed by atoms with Crippen LogP contribution in [-0.2, 0) is 0 Å². The van der Waals surface area contributed by atoms with Gasteiger partial charge in [0.15, 0.2) is 0 Å². The fourth-order valence-electron chi connectivity index (χ4n) is 1.31. The molecule has 1 aromatic heterocycles. The summed E-state index contributed by atoms with van der Waals surface area (Å²) in [5.74, 6) is 0.0138. The van der Waals surface area contributed by atoms with Crippen molar-refractivity contribution in [3.8, 4) is 11.5 Å². The van der Waals surface area contributed by atoms with Crippen LogP contribution >= 0.6 is 11.6 Å². The van der Waals surface area contributed by atoms with Gasteiger partial charge in [0.25, 0.3) is 5.89 Å². The zero-order valence-corrected chi connectivity index (χ0v) is 10.2. The van der Waals surface area contributed by atoms with E-state index in [1.807, 2.05) is 0 Å². The van der Waals surface area contributed by atoms with Crippen LogP contribution in [0, 0.1) is 5.92 Å². The second kappa shape index (κ2) is 4.67. The molecule has 4 nitrogen and oxygen atoms in total. The van der Waals surface area contributed by atoms with Crippen LogP contribution < -0.4 is 0 Å². The summed E-state index contributed by atoms with van der Waals surface area (Å²) in [5, 5.41) is 8.15. The quantitative estimate of drug-likeness (QED) is 0.785. The Morgan fingerprint density at radius 1 is 1.35 bits per heavy atom. The fourth-order valence-corrected chi connectivity index (χ4v) is 1.50.